The van der Waals surface area contributed by atoms with Crippen molar-refractivity contribution in [2.24, 2.45) is 9.98 Å². The number of hydrogen-bond acceptors (Lipinski definition) is 3. The molecule has 0 unspecified atom stereocenters. The molecular formula is C23H22Cl4FeN3. The average molecular weight is 538 g/mol. The van der Waals surface area contributed by atoms with Crippen LogP contribution in [0.3, 0.4) is 0 Å². The van der Waals surface area contributed by atoms with Crippen LogP contribution in [0.2, 0.25) is 5.02 Å². The van der Waals surface area contributed by atoms with Crippen LogP contribution in [0.5, 0.6) is 0 Å². The molecule has 0 amide bonds. The molecule has 2 aromatic carbocycles. The maximum atomic E-state index is 6.28. The Morgan fingerprint density at radius 1 is 0.677 bits per heavy atom. The van der Waals surface area contributed by atoms with E-state index in [-0.39, 0.29) is 54.3 Å². The number of aliphatic imine (C=N–C) groups is 2. The summed E-state index contributed by atoms with van der Waals surface area (Å²) in [5.74, 6) is 0. The molecular weight excluding hydrogens is 516 g/mol. The molecule has 0 spiro atoms. The van der Waals surface area contributed by atoms with Crippen molar-refractivity contribution in [1.29, 1.82) is 0 Å². The largest absolute Gasteiger partial charge is 3.00 e. The molecule has 0 aliphatic heterocycles. The summed E-state index contributed by atoms with van der Waals surface area (Å²) in [6.45, 7) is 8.20. The summed E-state index contributed by atoms with van der Waals surface area (Å²) in [7, 11) is 0. The topological polar surface area (TPSA) is 37.6 Å². The van der Waals surface area contributed by atoms with Gasteiger partial charge in [-0.25, -0.2) is 4.98 Å². The second-order valence-corrected chi connectivity index (χ2v) is 7.07. The van der Waals surface area contributed by atoms with E-state index in [0.29, 0.717) is 16.4 Å². The monoisotopic (exact) mass is 536 g/mol. The van der Waals surface area contributed by atoms with Crippen LogP contribution in [-0.2, 0) is 17.1 Å². The van der Waals surface area contributed by atoms with Crippen LogP contribution in [0.1, 0.15) is 33.6 Å². The zero-order chi connectivity index (χ0) is 19.4. The Morgan fingerprint density at radius 2 is 1.00 bits per heavy atom. The van der Waals surface area contributed by atoms with E-state index in [0.717, 1.165) is 33.6 Å². The van der Waals surface area contributed by atoms with Crippen molar-refractivity contribution in [2.75, 3.05) is 0 Å². The predicted molar refractivity (Wildman–Crippen MR) is 116 cm³/mol. The molecule has 0 bridgehead atoms. The summed E-state index contributed by atoms with van der Waals surface area (Å²) in [5.41, 5.74) is 7.85. The Morgan fingerprint density at radius 3 is 1.32 bits per heavy atom. The number of aromatic nitrogens is 1. The van der Waals surface area contributed by atoms with Crippen LogP contribution in [0.25, 0.3) is 0 Å². The molecule has 1 heterocycles. The van der Waals surface area contributed by atoms with Gasteiger partial charge in [0.25, 0.3) is 0 Å². The van der Waals surface area contributed by atoms with E-state index >= 15 is 0 Å². The summed E-state index contributed by atoms with van der Waals surface area (Å²) in [6, 6.07) is 15.9. The zero-order valence-electron chi connectivity index (χ0n) is 17.5. The fraction of sp³-hybridized carbons (Fsp3) is 0.174. The van der Waals surface area contributed by atoms with E-state index in [1.807, 2.05) is 64.1 Å². The van der Waals surface area contributed by atoms with Crippen LogP contribution in [-0.4, -0.2) is 17.4 Å². The van der Waals surface area contributed by atoms with Crippen molar-refractivity contribution in [3.8, 4) is 0 Å². The standard InChI is InChI=1S/C23H22ClN3.3ClH.Fe/c1-15-7-5-8-16(2)22(15)25-13-20-11-19(24)12-21(27-20)14-26-23-17(3)9-6-10-18(23)4;;;;/h5-14H,1-4H3;3*1H;/q;;;;+3/p-3. The van der Waals surface area contributed by atoms with Gasteiger partial charge in [-0.3, -0.25) is 9.98 Å². The quantitative estimate of drug-likeness (QED) is 0.267. The van der Waals surface area contributed by atoms with E-state index in [9.17, 15) is 0 Å². The van der Waals surface area contributed by atoms with Crippen LogP contribution in [0.15, 0.2) is 58.5 Å². The van der Waals surface area contributed by atoms with Gasteiger partial charge in [0.2, 0.25) is 0 Å². The Bertz CT molecular complexity index is 933. The number of aryl methyl sites for hydroxylation is 4. The van der Waals surface area contributed by atoms with Gasteiger partial charge in [0.05, 0.1) is 35.2 Å². The van der Waals surface area contributed by atoms with Crippen LogP contribution in [0, 0.1) is 27.7 Å². The second-order valence-electron chi connectivity index (χ2n) is 6.63. The predicted octanol–water partition coefficient (Wildman–Crippen LogP) is -2.52. The Hall–Kier alpha value is -1.39. The first kappa shape index (κ1) is 31.8. The van der Waals surface area contributed by atoms with E-state index in [2.05, 4.69) is 15.0 Å². The van der Waals surface area contributed by atoms with Gasteiger partial charge in [0.1, 0.15) is 0 Å². The van der Waals surface area contributed by atoms with Crippen molar-refractivity contribution < 1.29 is 54.3 Å². The number of para-hydroxylation sites is 2. The zero-order valence-corrected chi connectivity index (χ0v) is 21.6. The minimum Gasteiger partial charge on any atom is -1.00 e. The molecule has 0 fully saturated rings. The maximum Gasteiger partial charge on any atom is 3.00 e. The number of nitrogens with zero attached hydrogens (tertiary/aromatic N) is 3. The van der Waals surface area contributed by atoms with Gasteiger partial charge in [-0.2, -0.15) is 0 Å². The van der Waals surface area contributed by atoms with Gasteiger partial charge < -0.3 is 37.2 Å². The molecule has 3 aromatic rings. The molecule has 31 heavy (non-hydrogen) atoms. The van der Waals surface area contributed by atoms with Gasteiger partial charge in [-0.1, -0.05) is 48.0 Å². The first-order valence-corrected chi connectivity index (χ1v) is 9.20. The minimum absolute atomic E-state index is 0. The normalized spacial score (nSPS) is 10.1. The van der Waals surface area contributed by atoms with Crippen LogP contribution < -0.4 is 37.2 Å². The van der Waals surface area contributed by atoms with Gasteiger partial charge in [0.15, 0.2) is 0 Å². The molecule has 0 atom stereocenters. The third-order valence-corrected chi connectivity index (χ3v) is 4.58. The molecule has 3 nitrogen and oxygen atoms in total. The molecule has 0 saturated heterocycles. The average Bonchev–Trinajstić information content (AvgIpc) is 2.60. The van der Waals surface area contributed by atoms with E-state index in [4.69, 9.17) is 11.6 Å². The first-order valence-electron chi connectivity index (χ1n) is 8.82. The Labute approximate surface area is 218 Å². The number of halogens is 4. The van der Waals surface area contributed by atoms with Gasteiger partial charge in [-0.05, 0) is 62.1 Å². The van der Waals surface area contributed by atoms with Gasteiger partial charge >= 0.3 is 17.1 Å². The molecule has 3 rings (SSSR count). The fourth-order valence-electron chi connectivity index (χ4n) is 2.95. The molecule has 8 heteroatoms. The summed E-state index contributed by atoms with van der Waals surface area (Å²) in [6.07, 6.45) is 3.50. The number of pyridine rings is 1. The molecule has 0 aliphatic carbocycles. The number of rotatable bonds is 4. The molecule has 0 aliphatic rings. The van der Waals surface area contributed by atoms with E-state index in [1.54, 1.807) is 24.6 Å². The molecule has 165 valence electrons. The summed E-state index contributed by atoms with van der Waals surface area (Å²) >= 11 is 6.28. The molecule has 0 saturated carbocycles. The number of hydrogen-bond donors (Lipinski definition) is 0. The third kappa shape index (κ3) is 8.57. The Kier molecular flexibility index (Phi) is 15.0. The molecule has 1 radical (unpaired) electrons. The minimum atomic E-state index is 0. The maximum absolute atomic E-state index is 6.28. The van der Waals surface area contributed by atoms with E-state index in [1.165, 1.54) is 0 Å². The Balaban J connectivity index is 0. The van der Waals surface area contributed by atoms with Gasteiger partial charge in [0, 0.05) is 5.02 Å². The van der Waals surface area contributed by atoms with Crippen LogP contribution in [0.4, 0.5) is 11.4 Å². The summed E-state index contributed by atoms with van der Waals surface area (Å²) in [4.78, 5) is 13.8. The molecule has 1 aromatic heterocycles. The van der Waals surface area contributed by atoms with Crippen molar-refractivity contribution in [3.05, 3.63) is 87.2 Å². The summed E-state index contributed by atoms with van der Waals surface area (Å²) in [5, 5.41) is 0.607. The first-order chi connectivity index (χ1) is 12.9. The second kappa shape index (κ2) is 14.6. The van der Waals surface area contributed by atoms with Crippen molar-refractivity contribution in [3.63, 3.8) is 0 Å². The van der Waals surface area contributed by atoms with E-state index < -0.39 is 0 Å². The third-order valence-electron chi connectivity index (χ3n) is 4.36. The molecule has 0 N–H and O–H groups in total. The van der Waals surface area contributed by atoms with Crippen molar-refractivity contribution in [2.45, 2.75) is 27.7 Å². The van der Waals surface area contributed by atoms with Crippen molar-refractivity contribution >= 4 is 35.4 Å². The smallest absolute Gasteiger partial charge is 1.00 e. The van der Waals surface area contributed by atoms with Crippen molar-refractivity contribution in [1.82, 2.24) is 4.98 Å². The fourth-order valence-corrected chi connectivity index (χ4v) is 3.17. The van der Waals surface area contributed by atoms with Gasteiger partial charge in [-0.15, -0.1) is 0 Å². The van der Waals surface area contributed by atoms with Crippen LogP contribution >= 0.6 is 11.6 Å². The summed E-state index contributed by atoms with van der Waals surface area (Å²) < 4.78 is 0. The number of benzene rings is 2. The SMILES string of the molecule is Cc1cccc(C)c1N=Cc1cc(Cl)cc(C=Nc2c(C)cccc2C)n1.[Cl-].[Cl-].[Cl-].[Fe+3].